The summed E-state index contributed by atoms with van der Waals surface area (Å²) in [6, 6.07) is 7.31. The number of nitrogens with two attached hydrogens (primary N) is 1. The molecule has 1 aliphatic carbocycles. The first-order valence-electron chi connectivity index (χ1n) is 7.39. The molecule has 3 N–H and O–H groups in total. The lowest BCUT2D eigenvalue weighted by atomic mass is 9.81. The third kappa shape index (κ3) is 3.97. The Balaban J connectivity index is 2.20. The number of nitrogens with one attached hydrogen (secondary N) is 1. The predicted molar refractivity (Wildman–Crippen MR) is 82.6 cm³/mol. The molecule has 1 amide bonds. The molecule has 0 aliphatic heterocycles. The van der Waals surface area contributed by atoms with Gasteiger partial charge in [-0.05, 0) is 43.4 Å². The van der Waals surface area contributed by atoms with Crippen LogP contribution >= 0.6 is 11.6 Å². The van der Waals surface area contributed by atoms with Gasteiger partial charge in [-0.1, -0.05) is 43.0 Å². The molecule has 0 heterocycles. The highest BCUT2D eigenvalue weighted by molar-refractivity contribution is 6.30. The average molecular weight is 295 g/mol. The second kappa shape index (κ2) is 7.09. The number of halogens is 1. The van der Waals surface area contributed by atoms with Gasteiger partial charge in [-0.3, -0.25) is 4.79 Å². The SMILES string of the molecule is C[C@H](N)C(=O)NC(c1cccc(Cl)c1)C1CCCCC1. The van der Waals surface area contributed by atoms with Crippen molar-refractivity contribution in [2.24, 2.45) is 11.7 Å². The van der Waals surface area contributed by atoms with E-state index in [9.17, 15) is 4.79 Å². The van der Waals surface area contributed by atoms with Crippen molar-refractivity contribution in [3.05, 3.63) is 34.9 Å². The van der Waals surface area contributed by atoms with E-state index in [4.69, 9.17) is 17.3 Å². The largest absolute Gasteiger partial charge is 0.348 e. The van der Waals surface area contributed by atoms with Crippen molar-refractivity contribution in [1.82, 2.24) is 5.32 Å². The fourth-order valence-corrected chi connectivity index (χ4v) is 3.12. The van der Waals surface area contributed by atoms with Crippen LogP contribution in [0.25, 0.3) is 0 Å². The second-order valence-electron chi connectivity index (χ2n) is 5.73. The summed E-state index contributed by atoms with van der Waals surface area (Å²) in [7, 11) is 0. The molecular formula is C16H23ClN2O. The summed E-state index contributed by atoms with van der Waals surface area (Å²) in [5, 5.41) is 3.81. The van der Waals surface area contributed by atoms with Crippen molar-refractivity contribution in [3.8, 4) is 0 Å². The third-order valence-corrected chi connectivity index (χ3v) is 4.28. The number of amides is 1. The molecule has 2 atom stereocenters. The molecule has 0 saturated heterocycles. The monoisotopic (exact) mass is 294 g/mol. The minimum atomic E-state index is -0.486. The van der Waals surface area contributed by atoms with Crippen molar-refractivity contribution >= 4 is 17.5 Å². The van der Waals surface area contributed by atoms with Crippen LogP contribution in [0.3, 0.4) is 0 Å². The van der Waals surface area contributed by atoms with Crippen molar-refractivity contribution < 1.29 is 4.79 Å². The van der Waals surface area contributed by atoms with Gasteiger partial charge in [-0.2, -0.15) is 0 Å². The number of carbonyl (C=O) groups excluding carboxylic acids is 1. The molecular weight excluding hydrogens is 272 g/mol. The van der Waals surface area contributed by atoms with Crippen LogP contribution in [0, 0.1) is 5.92 Å². The van der Waals surface area contributed by atoms with E-state index in [1.54, 1.807) is 6.92 Å². The Morgan fingerprint density at radius 3 is 2.65 bits per heavy atom. The quantitative estimate of drug-likeness (QED) is 0.894. The van der Waals surface area contributed by atoms with Crippen LogP contribution < -0.4 is 11.1 Å². The zero-order valence-electron chi connectivity index (χ0n) is 11.9. The Labute approximate surface area is 125 Å². The van der Waals surface area contributed by atoms with Crippen LogP contribution in [0.1, 0.15) is 50.6 Å². The molecule has 1 fully saturated rings. The normalized spacial score (nSPS) is 19.4. The fourth-order valence-electron chi connectivity index (χ4n) is 2.93. The van der Waals surface area contributed by atoms with Gasteiger partial charge in [0.05, 0.1) is 12.1 Å². The maximum absolute atomic E-state index is 12.0. The highest BCUT2D eigenvalue weighted by atomic mass is 35.5. The number of hydrogen-bond acceptors (Lipinski definition) is 2. The number of carbonyl (C=O) groups is 1. The fraction of sp³-hybridized carbons (Fsp3) is 0.562. The molecule has 3 nitrogen and oxygen atoms in total. The highest BCUT2D eigenvalue weighted by Crippen LogP contribution is 2.35. The summed E-state index contributed by atoms with van der Waals surface area (Å²) < 4.78 is 0. The molecule has 0 aromatic heterocycles. The first-order chi connectivity index (χ1) is 9.58. The zero-order chi connectivity index (χ0) is 14.5. The van der Waals surface area contributed by atoms with E-state index < -0.39 is 6.04 Å². The van der Waals surface area contributed by atoms with Gasteiger partial charge in [0.25, 0.3) is 0 Å². The highest BCUT2D eigenvalue weighted by Gasteiger charge is 2.27. The minimum Gasteiger partial charge on any atom is -0.348 e. The maximum atomic E-state index is 12.0. The smallest absolute Gasteiger partial charge is 0.237 e. The van der Waals surface area contributed by atoms with E-state index >= 15 is 0 Å². The molecule has 110 valence electrons. The minimum absolute atomic E-state index is 0.0208. The maximum Gasteiger partial charge on any atom is 0.237 e. The first-order valence-corrected chi connectivity index (χ1v) is 7.77. The van der Waals surface area contributed by atoms with Crippen molar-refractivity contribution in [2.45, 2.75) is 51.1 Å². The topological polar surface area (TPSA) is 55.1 Å². The molecule has 4 heteroatoms. The summed E-state index contributed by atoms with van der Waals surface area (Å²) in [6.45, 7) is 1.71. The van der Waals surface area contributed by atoms with E-state index in [0.29, 0.717) is 10.9 Å². The van der Waals surface area contributed by atoms with Crippen LogP contribution in [0.4, 0.5) is 0 Å². The van der Waals surface area contributed by atoms with Crippen molar-refractivity contribution in [2.75, 3.05) is 0 Å². The van der Waals surface area contributed by atoms with Crippen LogP contribution in [0.5, 0.6) is 0 Å². The second-order valence-corrected chi connectivity index (χ2v) is 6.16. The van der Waals surface area contributed by atoms with Crippen molar-refractivity contribution in [3.63, 3.8) is 0 Å². The van der Waals surface area contributed by atoms with Crippen molar-refractivity contribution in [1.29, 1.82) is 0 Å². The molecule has 1 unspecified atom stereocenters. The Morgan fingerprint density at radius 1 is 1.35 bits per heavy atom. The van der Waals surface area contributed by atoms with Gasteiger partial charge >= 0.3 is 0 Å². The summed E-state index contributed by atoms with van der Waals surface area (Å²) in [5.41, 5.74) is 6.77. The van der Waals surface area contributed by atoms with Gasteiger partial charge in [0.2, 0.25) is 5.91 Å². The lowest BCUT2D eigenvalue weighted by molar-refractivity contribution is -0.123. The van der Waals surface area contributed by atoms with E-state index in [1.807, 2.05) is 24.3 Å². The third-order valence-electron chi connectivity index (χ3n) is 4.04. The molecule has 1 aliphatic rings. The standard InChI is InChI=1S/C16H23ClN2O/c1-11(18)16(20)19-15(12-6-3-2-4-7-12)13-8-5-9-14(17)10-13/h5,8-12,15H,2-4,6-7,18H2,1H3,(H,19,20)/t11-,15?/m0/s1. The van der Waals surface area contributed by atoms with Gasteiger partial charge in [-0.25, -0.2) is 0 Å². The van der Waals surface area contributed by atoms with E-state index in [1.165, 1.54) is 19.3 Å². The first kappa shape index (κ1) is 15.3. The summed E-state index contributed by atoms with van der Waals surface area (Å²) in [6.07, 6.45) is 6.05. The van der Waals surface area contributed by atoms with Gasteiger partial charge in [0.15, 0.2) is 0 Å². The van der Waals surface area contributed by atoms with E-state index in [0.717, 1.165) is 18.4 Å². The van der Waals surface area contributed by atoms with Gasteiger partial charge in [-0.15, -0.1) is 0 Å². The Kier molecular flexibility index (Phi) is 5.44. The van der Waals surface area contributed by atoms with E-state index in [2.05, 4.69) is 5.32 Å². The number of hydrogen-bond donors (Lipinski definition) is 2. The Hall–Kier alpha value is -1.06. The zero-order valence-corrected chi connectivity index (χ0v) is 12.7. The molecule has 1 aromatic rings. The predicted octanol–water partition coefficient (Wildman–Crippen LogP) is 3.42. The molecule has 2 rings (SSSR count). The summed E-state index contributed by atoms with van der Waals surface area (Å²) in [5.74, 6) is 0.380. The Bertz CT molecular complexity index is 456. The summed E-state index contributed by atoms with van der Waals surface area (Å²) >= 11 is 6.09. The molecule has 0 spiro atoms. The van der Waals surface area contributed by atoms with Crippen LogP contribution in [-0.2, 0) is 4.79 Å². The molecule has 20 heavy (non-hydrogen) atoms. The summed E-state index contributed by atoms with van der Waals surface area (Å²) in [4.78, 5) is 12.0. The van der Waals surface area contributed by atoms with Crippen LogP contribution in [-0.4, -0.2) is 11.9 Å². The van der Waals surface area contributed by atoms with Crippen LogP contribution in [0.2, 0.25) is 5.02 Å². The molecule has 1 saturated carbocycles. The lowest BCUT2D eigenvalue weighted by Crippen LogP contribution is -2.42. The van der Waals surface area contributed by atoms with Gasteiger partial charge in [0, 0.05) is 5.02 Å². The van der Waals surface area contributed by atoms with Gasteiger partial charge in [0.1, 0.15) is 0 Å². The number of rotatable bonds is 4. The molecule has 0 radical (unpaired) electrons. The Morgan fingerprint density at radius 2 is 2.05 bits per heavy atom. The average Bonchev–Trinajstić information content (AvgIpc) is 2.45. The molecule has 0 bridgehead atoms. The number of benzene rings is 1. The van der Waals surface area contributed by atoms with Gasteiger partial charge < -0.3 is 11.1 Å². The van der Waals surface area contributed by atoms with Crippen LogP contribution in [0.15, 0.2) is 24.3 Å². The van der Waals surface area contributed by atoms with E-state index in [-0.39, 0.29) is 11.9 Å². The molecule has 1 aromatic carbocycles. The lowest BCUT2D eigenvalue weighted by Gasteiger charge is -2.32.